The number of carbonyl (C=O) groups excluding carboxylic acids is 1. The summed E-state index contributed by atoms with van der Waals surface area (Å²) in [5.41, 5.74) is 3.75. The van der Waals surface area contributed by atoms with E-state index in [0.29, 0.717) is 28.5 Å². The van der Waals surface area contributed by atoms with Crippen molar-refractivity contribution >= 4 is 21.7 Å². The van der Waals surface area contributed by atoms with Crippen molar-refractivity contribution in [3.63, 3.8) is 0 Å². The second kappa shape index (κ2) is 8.31. The van der Waals surface area contributed by atoms with Crippen LogP contribution in [-0.4, -0.2) is 26.6 Å². The molecule has 1 heterocycles. The second-order valence-electron chi connectivity index (χ2n) is 7.17. The minimum absolute atomic E-state index is 0.0456. The summed E-state index contributed by atoms with van der Waals surface area (Å²) in [5.74, 6) is 0.457. The number of anilines is 1. The molecule has 0 saturated heterocycles. The molecular formula is C22H24N2O5S. The first-order valence-corrected chi connectivity index (χ1v) is 10.8. The minimum atomic E-state index is -3.70. The Hall–Kier alpha value is -3.13. The van der Waals surface area contributed by atoms with Gasteiger partial charge in [0.15, 0.2) is 0 Å². The van der Waals surface area contributed by atoms with Crippen LogP contribution in [0.5, 0.6) is 5.75 Å². The first-order chi connectivity index (χ1) is 14.1. The second-order valence-corrected chi connectivity index (χ2v) is 9.14. The smallest absolute Gasteiger partial charge is 0.315 e. The predicted molar refractivity (Wildman–Crippen MR) is 113 cm³/mol. The fourth-order valence-corrected chi connectivity index (χ4v) is 4.24. The Morgan fingerprint density at radius 3 is 2.27 bits per heavy atom. The van der Waals surface area contributed by atoms with Crippen LogP contribution in [0.15, 0.2) is 51.9 Å². The third-order valence-corrected chi connectivity index (χ3v) is 6.85. The lowest BCUT2D eigenvalue weighted by atomic mass is 10.1. The topological polar surface area (TPSA) is 89.7 Å². The molecule has 8 heteroatoms. The standard InChI is InChI=1S/C22H24N2O5S/c1-14-6-11-20(12-15(14)2)30(26,27)24(5)18-7-9-19(10-8-18)28-22(25)13-21-16(3)23-29-17(21)4/h6-12H,13H2,1-5H3. The number of aromatic nitrogens is 1. The van der Waals surface area contributed by atoms with Gasteiger partial charge in [0.1, 0.15) is 11.5 Å². The lowest BCUT2D eigenvalue weighted by Crippen LogP contribution is -2.26. The molecule has 0 radical (unpaired) electrons. The van der Waals surface area contributed by atoms with Crippen molar-refractivity contribution in [2.24, 2.45) is 0 Å². The molecule has 3 aromatic rings. The Bertz CT molecular complexity index is 1160. The van der Waals surface area contributed by atoms with Crippen LogP contribution >= 0.6 is 0 Å². The van der Waals surface area contributed by atoms with Gasteiger partial charge in [-0.05, 0) is 75.2 Å². The zero-order valence-electron chi connectivity index (χ0n) is 17.6. The molecule has 0 atom stereocenters. The van der Waals surface area contributed by atoms with Crippen LogP contribution in [0.4, 0.5) is 5.69 Å². The van der Waals surface area contributed by atoms with E-state index in [-0.39, 0.29) is 11.3 Å². The van der Waals surface area contributed by atoms with Crippen LogP contribution in [0.25, 0.3) is 0 Å². The molecule has 0 saturated carbocycles. The zero-order valence-corrected chi connectivity index (χ0v) is 18.4. The molecule has 30 heavy (non-hydrogen) atoms. The number of hydrogen-bond donors (Lipinski definition) is 0. The van der Waals surface area contributed by atoms with Gasteiger partial charge in [0, 0.05) is 12.6 Å². The van der Waals surface area contributed by atoms with E-state index in [2.05, 4.69) is 5.16 Å². The third-order valence-electron chi connectivity index (χ3n) is 5.07. The van der Waals surface area contributed by atoms with Crippen molar-refractivity contribution in [3.8, 4) is 5.75 Å². The average Bonchev–Trinajstić information content (AvgIpc) is 3.02. The van der Waals surface area contributed by atoms with E-state index in [0.717, 1.165) is 11.1 Å². The molecule has 0 aliphatic rings. The number of aryl methyl sites for hydroxylation is 4. The summed E-state index contributed by atoms with van der Waals surface area (Å²) < 4.78 is 37.5. The number of carbonyl (C=O) groups is 1. The number of sulfonamides is 1. The van der Waals surface area contributed by atoms with Crippen LogP contribution in [0.2, 0.25) is 0 Å². The van der Waals surface area contributed by atoms with Crippen molar-refractivity contribution in [2.75, 3.05) is 11.4 Å². The molecule has 0 aliphatic heterocycles. The SMILES string of the molecule is Cc1ccc(S(=O)(=O)N(C)c2ccc(OC(=O)Cc3c(C)noc3C)cc2)cc1C. The highest BCUT2D eigenvalue weighted by atomic mass is 32.2. The Morgan fingerprint density at radius 2 is 1.70 bits per heavy atom. The number of nitrogens with zero attached hydrogens (tertiary/aromatic N) is 2. The van der Waals surface area contributed by atoms with Crippen molar-refractivity contribution in [1.82, 2.24) is 5.16 Å². The van der Waals surface area contributed by atoms with E-state index in [1.807, 2.05) is 13.8 Å². The fraction of sp³-hybridized carbons (Fsp3) is 0.273. The molecule has 0 unspecified atom stereocenters. The lowest BCUT2D eigenvalue weighted by Gasteiger charge is -2.20. The molecular weight excluding hydrogens is 404 g/mol. The highest BCUT2D eigenvalue weighted by Crippen LogP contribution is 2.26. The van der Waals surface area contributed by atoms with Crippen LogP contribution in [0, 0.1) is 27.7 Å². The van der Waals surface area contributed by atoms with E-state index in [4.69, 9.17) is 9.26 Å². The maximum Gasteiger partial charge on any atom is 0.315 e. The molecule has 158 valence electrons. The molecule has 0 aliphatic carbocycles. The normalized spacial score (nSPS) is 11.4. The van der Waals surface area contributed by atoms with Gasteiger partial charge in [0.2, 0.25) is 0 Å². The predicted octanol–water partition coefficient (Wildman–Crippen LogP) is 3.88. The Labute approximate surface area is 176 Å². The highest BCUT2D eigenvalue weighted by Gasteiger charge is 2.22. The summed E-state index contributed by atoms with van der Waals surface area (Å²) in [6.45, 7) is 7.31. The molecule has 0 amide bonds. The first kappa shape index (κ1) is 21.6. The summed E-state index contributed by atoms with van der Waals surface area (Å²) in [6, 6.07) is 11.4. The molecule has 0 fully saturated rings. The maximum absolute atomic E-state index is 12.9. The van der Waals surface area contributed by atoms with Gasteiger partial charge in [-0.25, -0.2) is 8.42 Å². The molecule has 3 rings (SSSR count). The van der Waals surface area contributed by atoms with E-state index in [9.17, 15) is 13.2 Å². The Kier molecular flexibility index (Phi) is 5.98. The summed E-state index contributed by atoms with van der Waals surface area (Å²) in [7, 11) is -2.21. The zero-order chi connectivity index (χ0) is 22.1. The number of esters is 1. The van der Waals surface area contributed by atoms with Gasteiger partial charge in [-0.2, -0.15) is 0 Å². The lowest BCUT2D eigenvalue weighted by molar-refractivity contribution is -0.133. The monoisotopic (exact) mass is 428 g/mol. The Morgan fingerprint density at radius 1 is 1.03 bits per heavy atom. The molecule has 7 nitrogen and oxygen atoms in total. The summed E-state index contributed by atoms with van der Waals surface area (Å²) in [4.78, 5) is 12.4. The Balaban J connectivity index is 1.73. The van der Waals surface area contributed by atoms with Crippen LogP contribution in [-0.2, 0) is 21.2 Å². The van der Waals surface area contributed by atoms with Gasteiger partial charge >= 0.3 is 5.97 Å². The number of rotatable bonds is 6. The van der Waals surface area contributed by atoms with Crippen molar-refractivity contribution < 1.29 is 22.5 Å². The van der Waals surface area contributed by atoms with Crippen LogP contribution in [0.3, 0.4) is 0 Å². The van der Waals surface area contributed by atoms with E-state index >= 15 is 0 Å². The van der Waals surface area contributed by atoms with Crippen LogP contribution in [0.1, 0.15) is 28.1 Å². The quantitative estimate of drug-likeness (QED) is 0.437. The summed E-state index contributed by atoms with van der Waals surface area (Å²) in [6.07, 6.45) is 0.0456. The van der Waals surface area contributed by atoms with Gasteiger partial charge in [-0.1, -0.05) is 11.2 Å². The van der Waals surface area contributed by atoms with Gasteiger partial charge in [0.25, 0.3) is 10.0 Å². The highest BCUT2D eigenvalue weighted by molar-refractivity contribution is 7.92. The fourth-order valence-electron chi connectivity index (χ4n) is 2.96. The van der Waals surface area contributed by atoms with E-state index < -0.39 is 16.0 Å². The van der Waals surface area contributed by atoms with Crippen molar-refractivity contribution in [3.05, 3.63) is 70.6 Å². The first-order valence-electron chi connectivity index (χ1n) is 9.38. The largest absolute Gasteiger partial charge is 0.426 e. The van der Waals surface area contributed by atoms with Crippen molar-refractivity contribution in [2.45, 2.75) is 39.0 Å². The van der Waals surface area contributed by atoms with Crippen LogP contribution < -0.4 is 9.04 Å². The average molecular weight is 429 g/mol. The van der Waals surface area contributed by atoms with Gasteiger partial charge in [-0.3, -0.25) is 9.10 Å². The molecule has 0 bridgehead atoms. The third kappa shape index (κ3) is 4.38. The molecule has 1 aromatic heterocycles. The molecule has 0 spiro atoms. The van der Waals surface area contributed by atoms with Gasteiger partial charge in [-0.15, -0.1) is 0 Å². The van der Waals surface area contributed by atoms with Gasteiger partial charge in [0.05, 0.1) is 22.7 Å². The van der Waals surface area contributed by atoms with E-state index in [1.165, 1.54) is 11.4 Å². The van der Waals surface area contributed by atoms with Crippen molar-refractivity contribution in [1.29, 1.82) is 0 Å². The maximum atomic E-state index is 12.9. The number of ether oxygens (including phenoxy) is 1. The number of hydrogen-bond acceptors (Lipinski definition) is 6. The summed E-state index contributed by atoms with van der Waals surface area (Å²) >= 11 is 0. The summed E-state index contributed by atoms with van der Waals surface area (Å²) in [5, 5.41) is 3.82. The number of benzene rings is 2. The van der Waals surface area contributed by atoms with E-state index in [1.54, 1.807) is 56.3 Å². The molecule has 0 N–H and O–H groups in total. The van der Waals surface area contributed by atoms with Gasteiger partial charge < -0.3 is 9.26 Å². The minimum Gasteiger partial charge on any atom is -0.426 e. The molecule has 2 aromatic carbocycles.